The minimum Gasteiger partial charge on any atom is -0.496 e. The van der Waals surface area contributed by atoms with E-state index in [4.69, 9.17) is 26.5 Å². The number of rotatable bonds is 3. The quantitative estimate of drug-likeness (QED) is 0.661. The summed E-state index contributed by atoms with van der Waals surface area (Å²) in [6.45, 7) is 2.28. The van der Waals surface area contributed by atoms with Crippen molar-refractivity contribution in [2.24, 2.45) is 0 Å². The van der Waals surface area contributed by atoms with Crippen LogP contribution in [0.25, 0.3) is 0 Å². The van der Waals surface area contributed by atoms with Crippen LogP contribution in [0.5, 0.6) is 5.75 Å². The third-order valence-corrected chi connectivity index (χ3v) is 1.93. The number of halogens is 2. The maximum Gasteiger partial charge on any atom is 0.217 e. The van der Waals surface area contributed by atoms with Gasteiger partial charge < -0.3 is 9.47 Å². The monoisotopic (exact) mass is 249 g/mol. The Morgan fingerprint density at radius 2 is 2.13 bits per heavy atom. The highest BCUT2D eigenvalue weighted by Crippen LogP contribution is 2.23. The summed E-state index contributed by atoms with van der Waals surface area (Å²) < 4.78 is 10.2. The molecule has 0 saturated heterocycles. The molecule has 5 heteroatoms. The summed E-state index contributed by atoms with van der Waals surface area (Å²) >= 11 is 5.81. The van der Waals surface area contributed by atoms with Gasteiger partial charge in [0.1, 0.15) is 5.75 Å². The van der Waals surface area contributed by atoms with Crippen molar-refractivity contribution in [3.05, 3.63) is 28.8 Å². The van der Waals surface area contributed by atoms with Crippen LogP contribution in [0.1, 0.15) is 12.5 Å². The molecule has 0 heterocycles. The fraction of sp³-hybridized carbons (Fsp3) is 0.300. The standard InChI is InChI=1S/C10H12ClNO2.ClH/c1-3-14-10(12)8-6-7(11)4-5-9(8)13-2;/h4-6,12H,3H2,1-2H3;1H. The summed E-state index contributed by atoms with van der Waals surface area (Å²) in [5.74, 6) is 0.666. The number of benzene rings is 1. The third kappa shape index (κ3) is 3.61. The Labute approximate surface area is 100 Å². The predicted octanol–water partition coefficient (Wildman–Crippen LogP) is 3.13. The van der Waals surface area contributed by atoms with Crippen molar-refractivity contribution in [3.63, 3.8) is 0 Å². The van der Waals surface area contributed by atoms with E-state index < -0.39 is 0 Å². The average molecular weight is 250 g/mol. The van der Waals surface area contributed by atoms with Crippen molar-refractivity contribution < 1.29 is 9.47 Å². The van der Waals surface area contributed by atoms with E-state index in [0.717, 1.165) is 0 Å². The van der Waals surface area contributed by atoms with E-state index in [1.54, 1.807) is 25.3 Å². The minimum absolute atomic E-state index is 0. The van der Waals surface area contributed by atoms with Gasteiger partial charge in [0.15, 0.2) is 0 Å². The van der Waals surface area contributed by atoms with E-state index in [0.29, 0.717) is 22.9 Å². The van der Waals surface area contributed by atoms with Crippen LogP contribution in [0.2, 0.25) is 5.02 Å². The van der Waals surface area contributed by atoms with Crippen LogP contribution in [-0.4, -0.2) is 19.6 Å². The first-order valence-corrected chi connectivity index (χ1v) is 4.62. The highest BCUT2D eigenvalue weighted by atomic mass is 35.5. The van der Waals surface area contributed by atoms with E-state index in [-0.39, 0.29) is 18.3 Å². The van der Waals surface area contributed by atoms with Gasteiger partial charge in [-0.1, -0.05) is 11.6 Å². The number of nitrogens with one attached hydrogen (secondary N) is 1. The smallest absolute Gasteiger partial charge is 0.217 e. The van der Waals surface area contributed by atoms with Gasteiger partial charge in [-0.05, 0) is 25.1 Å². The second-order valence-electron chi connectivity index (χ2n) is 2.61. The van der Waals surface area contributed by atoms with E-state index in [1.165, 1.54) is 0 Å². The van der Waals surface area contributed by atoms with Gasteiger partial charge in [0.25, 0.3) is 0 Å². The van der Waals surface area contributed by atoms with Gasteiger partial charge in [-0.25, -0.2) is 0 Å². The highest BCUT2D eigenvalue weighted by Gasteiger charge is 2.09. The molecule has 0 spiro atoms. The van der Waals surface area contributed by atoms with Crippen molar-refractivity contribution in [2.75, 3.05) is 13.7 Å². The van der Waals surface area contributed by atoms with Crippen LogP contribution in [0, 0.1) is 5.41 Å². The molecule has 84 valence electrons. The van der Waals surface area contributed by atoms with Crippen molar-refractivity contribution in [1.82, 2.24) is 0 Å². The fourth-order valence-electron chi connectivity index (χ4n) is 1.08. The summed E-state index contributed by atoms with van der Waals surface area (Å²) in [7, 11) is 1.55. The maximum absolute atomic E-state index is 7.61. The summed E-state index contributed by atoms with van der Waals surface area (Å²) in [6.07, 6.45) is 0. The zero-order valence-electron chi connectivity index (χ0n) is 8.54. The van der Waals surface area contributed by atoms with Crippen molar-refractivity contribution in [2.45, 2.75) is 6.92 Å². The largest absolute Gasteiger partial charge is 0.496 e. The second kappa shape index (κ2) is 6.53. The number of methoxy groups -OCH3 is 1. The molecular formula is C10H13Cl2NO2. The molecule has 0 aliphatic heterocycles. The van der Waals surface area contributed by atoms with Gasteiger partial charge in [0.2, 0.25) is 5.90 Å². The van der Waals surface area contributed by atoms with Gasteiger partial charge in [0.05, 0.1) is 19.3 Å². The SMILES string of the molecule is CCOC(=N)c1cc(Cl)ccc1OC.Cl. The Bertz CT molecular complexity index is 342. The molecule has 1 aromatic rings. The molecule has 0 saturated carbocycles. The lowest BCUT2D eigenvalue weighted by molar-refractivity contribution is 0.323. The molecule has 0 amide bonds. The zero-order chi connectivity index (χ0) is 10.6. The van der Waals surface area contributed by atoms with E-state index in [1.807, 2.05) is 6.92 Å². The van der Waals surface area contributed by atoms with Crippen LogP contribution >= 0.6 is 24.0 Å². The van der Waals surface area contributed by atoms with Crippen LogP contribution in [0.4, 0.5) is 0 Å². The first-order chi connectivity index (χ1) is 6.69. The lowest BCUT2D eigenvalue weighted by atomic mass is 10.2. The molecule has 0 aliphatic rings. The molecule has 1 aromatic carbocycles. The summed E-state index contributed by atoms with van der Waals surface area (Å²) in [6, 6.07) is 5.08. The summed E-state index contributed by atoms with van der Waals surface area (Å²) in [5, 5.41) is 8.17. The second-order valence-corrected chi connectivity index (χ2v) is 3.04. The Morgan fingerprint density at radius 3 is 2.67 bits per heavy atom. The summed E-state index contributed by atoms with van der Waals surface area (Å²) in [5.41, 5.74) is 0.571. The Morgan fingerprint density at radius 1 is 1.47 bits per heavy atom. The number of hydrogen-bond donors (Lipinski definition) is 1. The van der Waals surface area contributed by atoms with E-state index in [2.05, 4.69) is 0 Å². The molecule has 1 rings (SSSR count). The van der Waals surface area contributed by atoms with Gasteiger partial charge >= 0.3 is 0 Å². The number of hydrogen-bond acceptors (Lipinski definition) is 3. The first kappa shape index (κ1) is 14.1. The van der Waals surface area contributed by atoms with Crippen LogP contribution in [0.15, 0.2) is 18.2 Å². The third-order valence-electron chi connectivity index (χ3n) is 1.69. The number of ether oxygens (including phenoxy) is 2. The maximum atomic E-state index is 7.61. The Balaban J connectivity index is 0.00000196. The van der Waals surface area contributed by atoms with Crippen LogP contribution in [-0.2, 0) is 4.74 Å². The molecule has 1 N–H and O–H groups in total. The lowest BCUT2D eigenvalue weighted by Gasteiger charge is -2.09. The molecule has 0 atom stereocenters. The van der Waals surface area contributed by atoms with Gasteiger partial charge in [-0.3, -0.25) is 5.41 Å². The molecule has 0 aromatic heterocycles. The van der Waals surface area contributed by atoms with Crippen molar-refractivity contribution >= 4 is 29.9 Å². The van der Waals surface area contributed by atoms with Crippen molar-refractivity contribution in [1.29, 1.82) is 5.41 Å². The lowest BCUT2D eigenvalue weighted by Crippen LogP contribution is -2.06. The van der Waals surface area contributed by atoms with Gasteiger partial charge in [-0.2, -0.15) is 0 Å². The average Bonchev–Trinajstić information content (AvgIpc) is 2.18. The fourth-order valence-corrected chi connectivity index (χ4v) is 1.25. The minimum atomic E-state index is 0. The Kier molecular flexibility index (Phi) is 6.13. The molecule has 3 nitrogen and oxygen atoms in total. The first-order valence-electron chi connectivity index (χ1n) is 4.24. The molecule has 0 radical (unpaired) electrons. The molecule has 0 unspecified atom stereocenters. The Hall–Kier alpha value is -0.930. The van der Waals surface area contributed by atoms with Crippen molar-refractivity contribution in [3.8, 4) is 5.75 Å². The van der Waals surface area contributed by atoms with E-state index >= 15 is 0 Å². The van der Waals surface area contributed by atoms with Crippen LogP contribution in [0.3, 0.4) is 0 Å². The highest BCUT2D eigenvalue weighted by molar-refractivity contribution is 6.31. The van der Waals surface area contributed by atoms with Crippen LogP contribution < -0.4 is 4.74 Å². The molecule has 15 heavy (non-hydrogen) atoms. The molecule has 0 bridgehead atoms. The zero-order valence-corrected chi connectivity index (χ0v) is 10.1. The van der Waals surface area contributed by atoms with Gasteiger partial charge in [0, 0.05) is 5.02 Å². The molecule has 0 fully saturated rings. The van der Waals surface area contributed by atoms with Gasteiger partial charge in [-0.15, -0.1) is 12.4 Å². The molecular weight excluding hydrogens is 237 g/mol. The summed E-state index contributed by atoms with van der Waals surface area (Å²) in [4.78, 5) is 0. The normalized spacial score (nSPS) is 9.00. The van der Waals surface area contributed by atoms with E-state index in [9.17, 15) is 0 Å². The topological polar surface area (TPSA) is 42.3 Å². The predicted molar refractivity (Wildman–Crippen MR) is 63.7 cm³/mol. The molecule has 0 aliphatic carbocycles.